The van der Waals surface area contributed by atoms with Crippen molar-refractivity contribution in [2.45, 2.75) is 20.4 Å². The lowest BCUT2D eigenvalue weighted by Gasteiger charge is -2.33. The molecule has 6 nitrogen and oxygen atoms in total. The van der Waals surface area contributed by atoms with Crippen LogP contribution in [0.2, 0.25) is 0 Å². The van der Waals surface area contributed by atoms with Gasteiger partial charge < -0.3 is 15.5 Å². The highest BCUT2D eigenvalue weighted by Crippen LogP contribution is 2.27. The molecule has 2 heterocycles. The lowest BCUT2D eigenvalue weighted by molar-refractivity contribution is -0.129. The van der Waals surface area contributed by atoms with Gasteiger partial charge in [0.05, 0.1) is 17.9 Å². The zero-order chi connectivity index (χ0) is 12.6. The summed E-state index contributed by atoms with van der Waals surface area (Å²) in [5, 5.41) is 4.37. The van der Waals surface area contributed by atoms with E-state index in [0.717, 1.165) is 31.1 Å². The number of nitrogen functional groups attached to an aromatic ring is 1. The van der Waals surface area contributed by atoms with Crippen molar-refractivity contribution in [1.29, 1.82) is 0 Å². The normalized spacial score (nSPS) is 16.8. The van der Waals surface area contributed by atoms with Crippen LogP contribution in [0.5, 0.6) is 0 Å². The Morgan fingerprint density at radius 1 is 1.41 bits per heavy atom. The van der Waals surface area contributed by atoms with Crippen LogP contribution in [0, 0.1) is 6.92 Å². The third-order valence-electron chi connectivity index (χ3n) is 3.20. The Balaban J connectivity index is 2.31. The molecular formula is C11H19N5O. The molecule has 1 fully saturated rings. The van der Waals surface area contributed by atoms with E-state index in [1.54, 1.807) is 4.90 Å². The van der Waals surface area contributed by atoms with Gasteiger partial charge in [-0.2, -0.15) is 5.10 Å². The van der Waals surface area contributed by atoms with E-state index < -0.39 is 0 Å². The van der Waals surface area contributed by atoms with Crippen LogP contribution in [-0.2, 0) is 11.3 Å². The van der Waals surface area contributed by atoms with E-state index in [9.17, 15) is 4.79 Å². The number of aryl methyl sites for hydroxylation is 2. The summed E-state index contributed by atoms with van der Waals surface area (Å²) in [6.45, 7) is 6.58. The molecule has 1 amide bonds. The number of nitrogens with two attached hydrogens (primary N) is 1. The minimum Gasteiger partial charge on any atom is -0.394 e. The van der Waals surface area contributed by atoms with E-state index in [1.165, 1.54) is 0 Å². The molecule has 2 N–H and O–H groups in total. The van der Waals surface area contributed by atoms with Crippen molar-refractivity contribution < 1.29 is 4.79 Å². The smallest absolute Gasteiger partial charge is 0.241 e. The van der Waals surface area contributed by atoms with Gasteiger partial charge in [0.2, 0.25) is 5.91 Å². The number of carbonyl (C=O) groups excluding carboxylic acids is 1. The van der Waals surface area contributed by atoms with E-state index in [4.69, 9.17) is 5.73 Å². The summed E-state index contributed by atoms with van der Waals surface area (Å²) < 4.78 is 1.86. The Morgan fingerprint density at radius 3 is 2.71 bits per heavy atom. The summed E-state index contributed by atoms with van der Waals surface area (Å²) in [6.07, 6.45) is 0. The predicted octanol–water partition coefficient (Wildman–Crippen LogP) is 0.0720. The van der Waals surface area contributed by atoms with E-state index in [2.05, 4.69) is 5.10 Å². The van der Waals surface area contributed by atoms with Crippen molar-refractivity contribution in [3.8, 4) is 0 Å². The highest BCUT2D eigenvalue weighted by Gasteiger charge is 2.26. The van der Waals surface area contributed by atoms with Crippen LogP contribution in [-0.4, -0.2) is 47.3 Å². The summed E-state index contributed by atoms with van der Waals surface area (Å²) in [5.74, 6) is 1.00. The van der Waals surface area contributed by atoms with Gasteiger partial charge in [-0.05, 0) is 13.8 Å². The predicted molar refractivity (Wildman–Crippen MR) is 66.9 cm³/mol. The van der Waals surface area contributed by atoms with Crippen molar-refractivity contribution in [1.82, 2.24) is 14.7 Å². The van der Waals surface area contributed by atoms with Crippen LogP contribution >= 0.6 is 0 Å². The molecule has 1 saturated heterocycles. The molecule has 0 bridgehead atoms. The van der Waals surface area contributed by atoms with Crippen LogP contribution in [0.4, 0.5) is 11.5 Å². The van der Waals surface area contributed by atoms with Crippen molar-refractivity contribution in [2.24, 2.45) is 0 Å². The number of anilines is 2. The van der Waals surface area contributed by atoms with Crippen LogP contribution in [0.15, 0.2) is 0 Å². The molecule has 1 aromatic rings. The Labute approximate surface area is 101 Å². The Morgan fingerprint density at radius 2 is 2.12 bits per heavy atom. The molecule has 0 radical (unpaired) electrons. The van der Waals surface area contributed by atoms with Gasteiger partial charge in [0.15, 0.2) is 5.82 Å². The van der Waals surface area contributed by atoms with E-state index in [-0.39, 0.29) is 5.91 Å². The average Bonchev–Trinajstić information content (AvgIpc) is 2.59. The average molecular weight is 237 g/mol. The molecule has 2 rings (SSSR count). The number of amides is 1. The molecule has 0 saturated carbocycles. The van der Waals surface area contributed by atoms with Gasteiger partial charge >= 0.3 is 0 Å². The maximum Gasteiger partial charge on any atom is 0.241 e. The lowest BCUT2D eigenvalue weighted by atomic mass is 10.3. The molecule has 0 aliphatic carbocycles. The summed E-state index contributed by atoms with van der Waals surface area (Å²) in [7, 11) is 1.82. The number of rotatable bonds is 2. The first-order valence-corrected chi connectivity index (χ1v) is 5.86. The second-order valence-electron chi connectivity index (χ2n) is 4.38. The molecular weight excluding hydrogens is 218 g/mol. The van der Waals surface area contributed by atoms with Crippen molar-refractivity contribution in [2.75, 3.05) is 37.3 Å². The number of piperazine rings is 1. The number of hydrogen-bond acceptors (Lipinski definition) is 4. The van der Waals surface area contributed by atoms with Crippen LogP contribution in [0.1, 0.15) is 12.6 Å². The molecule has 94 valence electrons. The molecule has 6 heteroatoms. The SMILES string of the molecule is CCn1nc(C)c(N)c1N1CCN(C)C(=O)C1. The molecule has 1 aliphatic rings. The van der Waals surface area contributed by atoms with Crippen molar-refractivity contribution >= 4 is 17.4 Å². The number of hydrogen-bond donors (Lipinski definition) is 1. The van der Waals surface area contributed by atoms with E-state index >= 15 is 0 Å². The fourth-order valence-corrected chi connectivity index (χ4v) is 2.08. The Kier molecular flexibility index (Phi) is 2.95. The number of nitrogens with zero attached hydrogens (tertiary/aromatic N) is 4. The van der Waals surface area contributed by atoms with Gasteiger partial charge in [-0.15, -0.1) is 0 Å². The lowest BCUT2D eigenvalue weighted by Crippen LogP contribution is -2.49. The quantitative estimate of drug-likeness (QED) is 0.790. The standard InChI is InChI=1S/C11H19N5O/c1-4-16-11(10(12)8(2)13-16)15-6-5-14(3)9(17)7-15/h4-7,12H2,1-3H3. The van der Waals surface area contributed by atoms with Crippen LogP contribution in [0.25, 0.3) is 0 Å². The second kappa shape index (κ2) is 4.27. The molecule has 1 aliphatic heterocycles. The van der Waals surface area contributed by atoms with Crippen molar-refractivity contribution in [3.05, 3.63) is 5.69 Å². The number of carbonyl (C=O) groups is 1. The molecule has 0 spiro atoms. The van der Waals surface area contributed by atoms with Gasteiger partial charge in [0.25, 0.3) is 0 Å². The maximum atomic E-state index is 11.7. The monoisotopic (exact) mass is 237 g/mol. The largest absolute Gasteiger partial charge is 0.394 e. The van der Waals surface area contributed by atoms with Crippen LogP contribution < -0.4 is 10.6 Å². The Hall–Kier alpha value is -1.72. The number of likely N-dealkylation sites (N-methyl/N-ethyl adjacent to an activating group) is 1. The first-order chi connectivity index (χ1) is 8.04. The minimum atomic E-state index is 0.122. The fraction of sp³-hybridized carbons (Fsp3) is 0.636. The highest BCUT2D eigenvalue weighted by molar-refractivity contribution is 5.83. The summed E-state index contributed by atoms with van der Waals surface area (Å²) in [4.78, 5) is 15.5. The van der Waals surface area contributed by atoms with Gasteiger partial charge in [0.1, 0.15) is 0 Å². The summed E-state index contributed by atoms with van der Waals surface area (Å²) in [5.41, 5.74) is 7.55. The van der Waals surface area contributed by atoms with Crippen LogP contribution in [0.3, 0.4) is 0 Å². The zero-order valence-electron chi connectivity index (χ0n) is 10.6. The molecule has 0 atom stereocenters. The molecule has 1 aromatic heterocycles. The van der Waals surface area contributed by atoms with Gasteiger partial charge in [-0.25, -0.2) is 4.68 Å². The van der Waals surface area contributed by atoms with Gasteiger partial charge in [-0.1, -0.05) is 0 Å². The fourth-order valence-electron chi connectivity index (χ4n) is 2.08. The van der Waals surface area contributed by atoms with Gasteiger partial charge in [-0.3, -0.25) is 4.79 Å². The first-order valence-electron chi connectivity index (χ1n) is 5.86. The molecule has 0 aromatic carbocycles. The first kappa shape index (κ1) is 11.8. The zero-order valence-corrected chi connectivity index (χ0v) is 10.6. The second-order valence-corrected chi connectivity index (χ2v) is 4.38. The van der Waals surface area contributed by atoms with Crippen molar-refractivity contribution in [3.63, 3.8) is 0 Å². The van der Waals surface area contributed by atoms with E-state index in [0.29, 0.717) is 12.2 Å². The van der Waals surface area contributed by atoms with Gasteiger partial charge in [0, 0.05) is 26.7 Å². The molecule has 0 unspecified atom stereocenters. The van der Waals surface area contributed by atoms with E-state index in [1.807, 2.05) is 30.5 Å². The minimum absolute atomic E-state index is 0.122. The maximum absolute atomic E-state index is 11.7. The third-order valence-corrected chi connectivity index (χ3v) is 3.20. The Bertz CT molecular complexity index is 439. The molecule has 17 heavy (non-hydrogen) atoms. The number of aromatic nitrogens is 2. The summed E-state index contributed by atoms with van der Waals surface area (Å²) in [6, 6.07) is 0. The highest BCUT2D eigenvalue weighted by atomic mass is 16.2. The topological polar surface area (TPSA) is 67.4 Å². The summed E-state index contributed by atoms with van der Waals surface area (Å²) >= 11 is 0. The third kappa shape index (κ3) is 1.94.